The predicted octanol–water partition coefficient (Wildman–Crippen LogP) is 5.44. The van der Waals surface area contributed by atoms with E-state index < -0.39 is 0 Å². The minimum absolute atomic E-state index is 0.0499. The van der Waals surface area contributed by atoms with Gasteiger partial charge in [-0.3, -0.25) is 4.79 Å². The average Bonchev–Trinajstić information content (AvgIpc) is 3.24. The van der Waals surface area contributed by atoms with Gasteiger partial charge in [0.15, 0.2) is 0 Å². The number of benzene rings is 3. The average molecular weight is 401 g/mol. The van der Waals surface area contributed by atoms with Gasteiger partial charge < -0.3 is 9.73 Å². The molecule has 5 nitrogen and oxygen atoms in total. The summed E-state index contributed by atoms with van der Waals surface area (Å²) in [5.74, 6) is 1.24. The van der Waals surface area contributed by atoms with Crippen molar-refractivity contribution in [2.45, 2.75) is 11.8 Å². The third-order valence-corrected chi connectivity index (χ3v) is 5.23. The van der Waals surface area contributed by atoms with Crippen molar-refractivity contribution in [1.82, 2.24) is 10.2 Å². The molecule has 0 bridgehead atoms. The molecule has 0 spiro atoms. The van der Waals surface area contributed by atoms with Crippen molar-refractivity contribution in [3.8, 4) is 22.9 Å². The molecule has 0 saturated heterocycles. The van der Waals surface area contributed by atoms with Gasteiger partial charge >= 0.3 is 0 Å². The Hall–Kier alpha value is -3.38. The van der Waals surface area contributed by atoms with Gasteiger partial charge in [-0.05, 0) is 55.5 Å². The van der Waals surface area contributed by atoms with Gasteiger partial charge in [-0.25, -0.2) is 0 Å². The van der Waals surface area contributed by atoms with Crippen LogP contribution in [0.2, 0.25) is 0 Å². The van der Waals surface area contributed by atoms with E-state index >= 15 is 0 Å². The number of amides is 1. The van der Waals surface area contributed by atoms with E-state index in [4.69, 9.17) is 4.42 Å². The number of nitrogens with one attached hydrogen (secondary N) is 1. The Balaban J connectivity index is 1.38. The zero-order valence-corrected chi connectivity index (χ0v) is 16.6. The summed E-state index contributed by atoms with van der Waals surface area (Å²) in [5.41, 5.74) is 3.55. The van der Waals surface area contributed by atoms with E-state index in [1.807, 2.05) is 85.8 Å². The highest BCUT2D eigenvalue weighted by Gasteiger charge is 2.11. The maximum Gasteiger partial charge on any atom is 0.248 e. The summed E-state index contributed by atoms with van der Waals surface area (Å²) in [6.45, 7) is 2.02. The molecular weight excluding hydrogens is 382 g/mol. The van der Waals surface area contributed by atoms with Crippen molar-refractivity contribution in [1.29, 1.82) is 0 Å². The summed E-state index contributed by atoms with van der Waals surface area (Å²) >= 11 is 1.50. The van der Waals surface area contributed by atoms with Gasteiger partial charge in [0.25, 0.3) is 0 Å². The van der Waals surface area contributed by atoms with E-state index in [1.54, 1.807) is 0 Å². The zero-order chi connectivity index (χ0) is 20.1. The second-order valence-corrected chi connectivity index (χ2v) is 7.56. The molecule has 1 amide bonds. The van der Waals surface area contributed by atoms with Crippen LogP contribution in [0, 0.1) is 6.92 Å². The first-order valence-corrected chi connectivity index (χ1v) is 10.1. The fourth-order valence-electron chi connectivity index (χ4n) is 2.79. The molecule has 29 heavy (non-hydrogen) atoms. The number of nitrogens with zero attached hydrogens (tertiary/aromatic N) is 2. The molecule has 1 aromatic heterocycles. The first kappa shape index (κ1) is 19.0. The SMILES string of the molecule is Cc1cccc(-c2nnc(-c3ccc(NC(=O)CSc4ccccc4)cc3)o2)c1. The number of hydrogen-bond donors (Lipinski definition) is 1. The van der Waals surface area contributed by atoms with Crippen molar-refractivity contribution < 1.29 is 9.21 Å². The molecule has 0 radical (unpaired) electrons. The predicted molar refractivity (Wildman–Crippen MR) is 116 cm³/mol. The van der Waals surface area contributed by atoms with Crippen LogP contribution in [0.15, 0.2) is 88.2 Å². The Morgan fingerprint density at radius 1 is 0.897 bits per heavy atom. The Labute approximate surface area is 173 Å². The van der Waals surface area contributed by atoms with E-state index in [0.29, 0.717) is 17.5 Å². The molecule has 0 unspecified atom stereocenters. The third kappa shape index (κ3) is 4.92. The summed E-state index contributed by atoms with van der Waals surface area (Å²) in [6, 6.07) is 25.1. The largest absolute Gasteiger partial charge is 0.416 e. The van der Waals surface area contributed by atoms with Crippen LogP contribution in [0.25, 0.3) is 22.9 Å². The highest BCUT2D eigenvalue weighted by molar-refractivity contribution is 8.00. The normalized spacial score (nSPS) is 10.7. The standard InChI is InChI=1S/C23H19N3O2S/c1-16-6-5-7-18(14-16)23-26-25-22(28-23)17-10-12-19(13-11-17)24-21(27)15-29-20-8-3-2-4-9-20/h2-14H,15H2,1H3,(H,24,27). The number of aryl methyl sites for hydroxylation is 1. The minimum atomic E-state index is -0.0499. The van der Waals surface area contributed by atoms with Gasteiger partial charge in [0, 0.05) is 21.7 Å². The number of carbonyl (C=O) groups is 1. The first-order chi connectivity index (χ1) is 14.2. The molecule has 4 rings (SSSR count). The lowest BCUT2D eigenvalue weighted by molar-refractivity contribution is -0.113. The Morgan fingerprint density at radius 2 is 1.62 bits per heavy atom. The van der Waals surface area contributed by atoms with Gasteiger partial charge in [-0.1, -0.05) is 35.9 Å². The number of rotatable bonds is 6. The molecule has 0 fully saturated rings. The number of hydrogen-bond acceptors (Lipinski definition) is 5. The smallest absolute Gasteiger partial charge is 0.248 e. The zero-order valence-electron chi connectivity index (χ0n) is 15.8. The molecule has 0 atom stereocenters. The van der Waals surface area contributed by atoms with E-state index in [-0.39, 0.29) is 5.91 Å². The molecule has 1 heterocycles. The minimum Gasteiger partial charge on any atom is -0.416 e. The molecule has 1 N–H and O–H groups in total. The number of carbonyl (C=O) groups excluding carboxylic acids is 1. The number of aromatic nitrogens is 2. The molecule has 0 aliphatic heterocycles. The van der Waals surface area contributed by atoms with Crippen LogP contribution >= 0.6 is 11.8 Å². The molecular formula is C23H19N3O2S. The lowest BCUT2D eigenvalue weighted by Crippen LogP contribution is -2.13. The third-order valence-electron chi connectivity index (χ3n) is 4.22. The summed E-state index contributed by atoms with van der Waals surface area (Å²) in [6.07, 6.45) is 0. The van der Waals surface area contributed by atoms with Gasteiger partial charge in [-0.2, -0.15) is 0 Å². The Bertz CT molecular complexity index is 1110. The summed E-state index contributed by atoms with van der Waals surface area (Å²) in [7, 11) is 0. The summed E-state index contributed by atoms with van der Waals surface area (Å²) in [4.78, 5) is 13.2. The van der Waals surface area contributed by atoms with Gasteiger partial charge in [0.1, 0.15) is 0 Å². The van der Waals surface area contributed by atoms with Crippen molar-refractivity contribution in [3.05, 3.63) is 84.4 Å². The van der Waals surface area contributed by atoms with Crippen LogP contribution in [0.4, 0.5) is 5.69 Å². The van der Waals surface area contributed by atoms with Crippen molar-refractivity contribution in [2.75, 3.05) is 11.1 Å². The van der Waals surface area contributed by atoms with Crippen molar-refractivity contribution in [2.24, 2.45) is 0 Å². The molecule has 0 aliphatic carbocycles. The van der Waals surface area contributed by atoms with E-state index in [9.17, 15) is 4.79 Å². The maximum atomic E-state index is 12.2. The second kappa shape index (κ2) is 8.75. The van der Waals surface area contributed by atoms with Gasteiger partial charge in [0.05, 0.1) is 5.75 Å². The highest BCUT2D eigenvalue weighted by Crippen LogP contribution is 2.25. The number of thioether (sulfide) groups is 1. The van der Waals surface area contributed by atoms with Crippen molar-refractivity contribution in [3.63, 3.8) is 0 Å². The first-order valence-electron chi connectivity index (χ1n) is 9.16. The lowest BCUT2D eigenvalue weighted by atomic mass is 10.1. The van der Waals surface area contributed by atoms with Gasteiger partial charge in [-0.15, -0.1) is 22.0 Å². The molecule has 0 aliphatic rings. The summed E-state index contributed by atoms with van der Waals surface area (Å²) in [5, 5.41) is 11.2. The quantitative estimate of drug-likeness (QED) is 0.436. The Kier molecular flexibility index (Phi) is 5.72. The topological polar surface area (TPSA) is 68.0 Å². The second-order valence-electron chi connectivity index (χ2n) is 6.51. The van der Waals surface area contributed by atoms with Crippen LogP contribution in [0.3, 0.4) is 0 Å². The molecule has 4 aromatic rings. The monoisotopic (exact) mass is 401 g/mol. The van der Waals surface area contributed by atoms with E-state index in [1.165, 1.54) is 11.8 Å². The van der Waals surface area contributed by atoms with E-state index in [0.717, 1.165) is 27.3 Å². The van der Waals surface area contributed by atoms with Gasteiger partial charge in [0.2, 0.25) is 17.7 Å². The van der Waals surface area contributed by atoms with Crippen LogP contribution in [0.5, 0.6) is 0 Å². The van der Waals surface area contributed by atoms with Crippen LogP contribution in [-0.4, -0.2) is 21.9 Å². The van der Waals surface area contributed by atoms with Crippen LogP contribution < -0.4 is 5.32 Å². The molecule has 144 valence electrons. The molecule has 0 saturated carbocycles. The fourth-order valence-corrected chi connectivity index (χ4v) is 3.51. The molecule has 3 aromatic carbocycles. The summed E-state index contributed by atoms with van der Waals surface area (Å²) < 4.78 is 5.81. The number of anilines is 1. The highest BCUT2D eigenvalue weighted by atomic mass is 32.2. The fraction of sp³-hybridized carbons (Fsp3) is 0.0870. The lowest BCUT2D eigenvalue weighted by Gasteiger charge is -2.05. The van der Waals surface area contributed by atoms with Crippen LogP contribution in [0.1, 0.15) is 5.56 Å². The Morgan fingerprint density at radius 3 is 2.34 bits per heavy atom. The van der Waals surface area contributed by atoms with E-state index in [2.05, 4.69) is 15.5 Å². The van der Waals surface area contributed by atoms with Crippen molar-refractivity contribution >= 4 is 23.4 Å². The van der Waals surface area contributed by atoms with Crippen LogP contribution in [-0.2, 0) is 4.79 Å². The molecule has 6 heteroatoms. The maximum absolute atomic E-state index is 12.2.